The zero-order chi connectivity index (χ0) is 21.8. The third-order valence-corrected chi connectivity index (χ3v) is 4.99. The summed E-state index contributed by atoms with van der Waals surface area (Å²) in [5, 5.41) is 6.89. The Kier molecular flexibility index (Phi) is 6.86. The van der Waals surface area contributed by atoms with Crippen molar-refractivity contribution in [3.05, 3.63) is 57.9 Å². The summed E-state index contributed by atoms with van der Waals surface area (Å²) < 4.78 is 16.3. The summed E-state index contributed by atoms with van der Waals surface area (Å²) in [4.78, 5) is 11.6. The van der Waals surface area contributed by atoms with Crippen LogP contribution in [-0.4, -0.2) is 25.2 Å². The molecule has 1 amide bonds. The van der Waals surface area contributed by atoms with Crippen molar-refractivity contribution in [1.29, 1.82) is 0 Å². The molecule has 3 rings (SSSR count). The first-order valence-electron chi connectivity index (χ1n) is 8.51. The molecule has 1 aromatic heterocycles. The minimum atomic E-state index is -0.643. The second kappa shape index (κ2) is 9.38. The Morgan fingerprint density at radius 3 is 2.37 bits per heavy atom. The molecular formula is C20H17BrClN3O4S. The third-order valence-electron chi connectivity index (χ3n) is 4.10. The second-order valence-electron chi connectivity index (χ2n) is 6.00. The van der Waals surface area contributed by atoms with Crippen LogP contribution in [0.1, 0.15) is 10.6 Å². The van der Waals surface area contributed by atoms with E-state index < -0.39 is 5.91 Å². The monoisotopic (exact) mass is 509 g/mol. The average molecular weight is 511 g/mol. The van der Waals surface area contributed by atoms with E-state index in [2.05, 4.69) is 26.6 Å². The fourth-order valence-electron chi connectivity index (χ4n) is 2.73. The van der Waals surface area contributed by atoms with E-state index in [-0.39, 0.29) is 5.76 Å². The van der Waals surface area contributed by atoms with Crippen molar-refractivity contribution < 1.29 is 18.7 Å². The molecule has 3 aromatic rings. The quantitative estimate of drug-likeness (QED) is 0.388. The lowest BCUT2D eigenvalue weighted by molar-refractivity contribution is 0.0973. The van der Waals surface area contributed by atoms with Crippen molar-refractivity contribution in [2.24, 2.45) is 5.73 Å². The van der Waals surface area contributed by atoms with Crippen LogP contribution in [0.2, 0.25) is 5.02 Å². The predicted molar refractivity (Wildman–Crippen MR) is 125 cm³/mol. The van der Waals surface area contributed by atoms with Gasteiger partial charge in [0.25, 0.3) is 5.91 Å². The Balaban J connectivity index is 1.74. The topological polar surface area (TPSA) is 98.8 Å². The molecule has 0 aliphatic carbocycles. The maximum Gasteiger partial charge on any atom is 0.285 e. The molecular weight excluding hydrogens is 494 g/mol. The molecule has 0 radical (unpaired) electrons. The number of hydrogen-bond acceptors (Lipinski definition) is 5. The minimum absolute atomic E-state index is 0.0863. The van der Waals surface area contributed by atoms with Gasteiger partial charge in [-0.3, -0.25) is 4.79 Å². The highest BCUT2D eigenvalue weighted by molar-refractivity contribution is 9.10. The highest BCUT2D eigenvalue weighted by atomic mass is 79.9. The molecule has 0 fully saturated rings. The number of thiocarbonyl (C=S) groups is 1. The number of nitrogens with one attached hydrogen (secondary N) is 2. The molecule has 30 heavy (non-hydrogen) atoms. The number of nitrogens with two attached hydrogens (primary N) is 1. The molecule has 7 nitrogen and oxygen atoms in total. The number of anilines is 2. The van der Waals surface area contributed by atoms with Gasteiger partial charge in [0.2, 0.25) is 5.76 Å². The van der Waals surface area contributed by atoms with Crippen LogP contribution in [0, 0.1) is 0 Å². The van der Waals surface area contributed by atoms with Crippen molar-refractivity contribution in [2.45, 2.75) is 0 Å². The van der Waals surface area contributed by atoms with Gasteiger partial charge in [-0.15, -0.1) is 0 Å². The highest BCUT2D eigenvalue weighted by Gasteiger charge is 2.17. The van der Waals surface area contributed by atoms with E-state index in [9.17, 15) is 4.79 Å². The minimum Gasteiger partial charge on any atom is -0.495 e. The van der Waals surface area contributed by atoms with Gasteiger partial charge in [0.1, 0.15) is 11.5 Å². The zero-order valence-electron chi connectivity index (χ0n) is 15.9. The maximum atomic E-state index is 11.6. The first-order chi connectivity index (χ1) is 14.3. The molecule has 2 aromatic carbocycles. The van der Waals surface area contributed by atoms with Crippen LogP contribution in [0.4, 0.5) is 11.4 Å². The number of ether oxygens (including phenoxy) is 2. The molecule has 0 saturated heterocycles. The number of halogens is 2. The average Bonchev–Trinajstić information content (AvgIpc) is 3.11. The number of carbonyl (C=O) groups is 1. The van der Waals surface area contributed by atoms with E-state index in [1.165, 1.54) is 14.2 Å². The lowest BCUT2D eigenvalue weighted by Crippen LogP contribution is -2.19. The summed E-state index contributed by atoms with van der Waals surface area (Å²) in [7, 11) is 3.07. The third kappa shape index (κ3) is 4.86. The van der Waals surface area contributed by atoms with E-state index in [0.29, 0.717) is 37.6 Å². The van der Waals surface area contributed by atoms with E-state index >= 15 is 0 Å². The molecule has 1 heterocycles. The fourth-order valence-corrected chi connectivity index (χ4v) is 3.59. The summed E-state index contributed by atoms with van der Waals surface area (Å²) in [6.45, 7) is 0. The number of furan rings is 1. The first-order valence-corrected chi connectivity index (χ1v) is 10.1. The number of methoxy groups -OCH3 is 2. The SMILES string of the molecule is COc1cc(OC)c(NC(=S)Nc2ccc(-c3cc(Br)oc3C(N)=O)cc2)cc1Cl. The number of hydrogen-bond donors (Lipinski definition) is 3. The molecule has 0 aliphatic heterocycles. The van der Waals surface area contributed by atoms with Crippen molar-refractivity contribution >= 4 is 62.1 Å². The molecule has 0 saturated carbocycles. The second-order valence-corrected chi connectivity index (χ2v) is 7.60. The molecule has 0 unspecified atom stereocenters. The van der Waals surface area contributed by atoms with Crippen molar-refractivity contribution in [3.8, 4) is 22.6 Å². The van der Waals surface area contributed by atoms with Crippen LogP contribution in [-0.2, 0) is 0 Å². The molecule has 156 valence electrons. The number of amides is 1. The smallest absolute Gasteiger partial charge is 0.285 e. The van der Waals surface area contributed by atoms with Gasteiger partial charge in [0.15, 0.2) is 9.78 Å². The summed E-state index contributed by atoms with van der Waals surface area (Å²) >= 11 is 14.8. The standard InChI is InChI=1S/C20H17BrClN3O4S/c1-27-15-9-16(28-2)14(8-13(15)22)25-20(30)24-11-5-3-10(4-6-11)12-7-17(21)29-18(12)19(23)26/h3-9H,1-2H3,(H2,23,26)(H2,24,25,30). The van der Waals surface area contributed by atoms with Crippen molar-refractivity contribution in [2.75, 3.05) is 24.9 Å². The first kappa shape index (κ1) is 21.9. The van der Waals surface area contributed by atoms with Gasteiger partial charge in [-0.05, 0) is 58.0 Å². The molecule has 4 N–H and O–H groups in total. The van der Waals surface area contributed by atoms with E-state index in [0.717, 1.165) is 11.3 Å². The van der Waals surface area contributed by atoms with Crippen molar-refractivity contribution in [1.82, 2.24) is 0 Å². The van der Waals surface area contributed by atoms with Gasteiger partial charge in [0.05, 0.1) is 24.9 Å². The lowest BCUT2D eigenvalue weighted by Gasteiger charge is -2.15. The van der Waals surface area contributed by atoms with Gasteiger partial charge in [-0.1, -0.05) is 23.7 Å². The zero-order valence-corrected chi connectivity index (χ0v) is 19.1. The molecule has 0 aliphatic rings. The number of rotatable bonds is 6. The van der Waals surface area contributed by atoms with Gasteiger partial charge in [-0.2, -0.15) is 0 Å². The van der Waals surface area contributed by atoms with Gasteiger partial charge in [-0.25, -0.2) is 0 Å². The number of benzene rings is 2. The van der Waals surface area contributed by atoms with Crippen LogP contribution >= 0.6 is 39.7 Å². The Morgan fingerprint density at radius 1 is 1.10 bits per heavy atom. The molecule has 0 atom stereocenters. The fraction of sp³-hybridized carbons (Fsp3) is 0.100. The largest absolute Gasteiger partial charge is 0.495 e. The molecule has 10 heteroatoms. The highest BCUT2D eigenvalue weighted by Crippen LogP contribution is 2.36. The van der Waals surface area contributed by atoms with Crippen LogP contribution < -0.4 is 25.8 Å². The van der Waals surface area contributed by atoms with Crippen LogP contribution in [0.15, 0.2) is 51.6 Å². The number of primary amides is 1. The summed E-state index contributed by atoms with van der Waals surface area (Å²) in [5.41, 5.74) is 8.06. The Morgan fingerprint density at radius 2 is 1.77 bits per heavy atom. The molecule has 0 spiro atoms. The van der Waals surface area contributed by atoms with E-state index in [1.54, 1.807) is 18.2 Å². The lowest BCUT2D eigenvalue weighted by atomic mass is 10.1. The predicted octanol–water partition coefficient (Wildman–Crippen LogP) is 5.29. The van der Waals surface area contributed by atoms with Gasteiger partial charge < -0.3 is 30.3 Å². The molecule has 0 bridgehead atoms. The normalized spacial score (nSPS) is 10.4. The maximum absolute atomic E-state index is 11.6. The van der Waals surface area contributed by atoms with Crippen LogP contribution in [0.5, 0.6) is 11.5 Å². The van der Waals surface area contributed by atoms with Gasteiger partial charge >= 0.3 is 0 Å². The Hall–Kier alpha value is -2.75. The summed E-state index contributed by atoms with van der Waals surface area (Å²) in [5.74, 6) is 0.466. The number of carbonyl (C=O) groups excluding carboxylic acids is 1. The Labute approximate surface area is 191 Å². The van der Waals surface area contributed by atoms with Crippen LogP contribution in [0.25, 0.3) is 11.1 Å². The summed E-state index contributed by atoms with van der Waals surface area (Å²) in [6, 6.07) is 12.3. The summed E-state index contributed by atoms with van der Waals surface area (Å²) in [6.07, 6.45) is 0. The van der Waals surface area contributed by atoms with Crippen LogP contribution in [0.3, 0.4) is 0 Å². The van der Waals surface area contributed by atoms with Gasteiger partial charge in [0, 0.05) is 17.3 Å². The van der Waals surface area contributed by atoms with E-state index in [1.807, 2.05) is 24.3 Å². The Bertz CT molecular complexity index is 1100. The van der Waals surface area contributed by atoms with E-state index in [4.69, 9.17) is 43.4 Å². The van der Waals surface area contributed by atoms with Crippen molar-refractivity contribution in [3.63, 3.8) is 0 Å².